The van der Waals surface area contributed by atoms with Crippen molar-refractivity contribution in [3.05, 3.63) is 0 Å². The summed E-state index contributed by atoms with van der Waals surface area (Å²) in [6, 6.07) is 0.0350. The minimum atomic E-state index is -4.02. The Morgan fingerprint density at radius 2 is 1.75 bits per heavy atom. The van der Waals surface area contributed by atoms with Gasteiger partial charge in [0.2, 0.25) is 0 Å². The van der Waals surface area contributed by atoms with Crippen molar-refractivity contribution in [3.8, 4) is 0 Å². The number of alkyl halides is 3. The molecule has 2 unspecified atom stereocenters. The van der Waals surface area contributed by atoms with Crippen molar-refractivity contribution in [1.82, 2.24) is 10.2 Å². The number of halogens is 3. The van der Waals surface area contributed by atoms with Gasteiger partial charge in [-0.25, -0.2) is 0 Å². The third-order valence-electron chi connectivity index (χ3n) is 5.34. The fourth-order valence-electron chi connectivity index (χ4n) is 3.82. The Labute approximate surface area is 120 Å². The summed E-state index contributed by atoms with van der Waals surface area (Å²) in [4.78, 5) is 2.26. The summed E-state index contributed by atoms with van der Waals surface area (Å²) >= 11 is 0. The van der Waals surface area contributed by atoms with E-state index in [0.29, 0.717) is 12.8 Å². The predicted molar refractivity (Wildman–Crippen MR) is 74.7 cm³/mol. The lowest BCUT2D eigenvalue weighted by molar-refractivity contribution is -0.183. The lowest BCUT2D eigenvalue weighted by Crippen LogP contribution is -2.52. The maximum Gasteiger partial charge on any atom is 0.391 e. The molecule has 0 aromatic carbocycles. The molecule has 0 spiro atoms. The van der Waals surface area contributed by atoms with Gasteiger partial charge in [0.15, 0.2) is 0 Å². The third-order valence-corrected chi connectivity index (χ3v) is 5.34. The summed E-state index contributed by atoms with van der Waals surface area (Å²) in [5.74, 6) is -1.10. The van der Waals surface area contributed by atoms with Crippen molar-refractivity contribution < 1.29 is 13.2 Å². The minimum Gasteiger partial charge on any atom is -0.312 e. The number of nitrogens with one attached hydrogen (secondary N) is 1. The standard InChI is InChI=1S/C15H27F3N2/c1-20(2)14(8-3-4-9-14)11-19-13-7-5-6-12(10-13)15(16,17)18/h12-13,19H,3-11H2,1-2H3. The molecule has 2 aliphatic rings. The SMILES string of the molecule is CN(C)C1(CNC2CCCC(C(F)(F)F)C2)CCCC1. The molecule has 5 heteroatoms. The highest BCUT2D eigenvalue weighted by Crippen LogP contribution is 2.38. The van der Waals surface area contributed by atoms with Crippen LogP contribution in [0.3, 0.4) is 0 Å². The number of likely N-dealkylation sites (N-methyl/N-ethyl adjacent to an activating group) is 1. The summed E-state index contributed by atoms with van der Waals surface area (Å²) in [5.41, 5.74) is 0.158. The van der Waals surface area contributed by atoms with Crippen molar-refractivity contribution in [2.24, 2.45) is 5.92 Å². The van der Waals surface area contributed by atoms with E-state index in [1.807, 2.05) is 0 Å². The first-order valence-corrected chi connectivity index (χ1v) is 7.81. The largest absolute Gasteiger partial charge is 0.391 e. The van der Waals surface area contributed by atoms with E-state index in [4.69, 9.17) is 0 Å². The topological polar surface area (TPSA) is 15.3 Å². The van der Waals surface area contributed by atoms with Gasteiger partial charge in [-0.2, -0.15) is 13.2 Å². The van der Waals surface area contributed by atoms with Crippen LogP contribution < -0.4 is 5.32 Å². The van der Waals surface area contributed by atoms with E-state index in [-0.39, 0.29) is 18.0 Å². The summed E-state index contributed by atoms with van der Waals surface area (Å²) in [7, 11) is 4.18. The molecule has 0 aliphatic heterocycles. The van der Waals surface area contributed by atoms with Crippen LogP contribution in [0, 0.1) is 5.92 Å². The zero-order valence-corrected chi connectivity index (χ0v) is 12.6. The first-order chi connectivity index (χ1) is 9.33. The van der Waals surface area contributed by atoms with E-state index in [1.165, 1.54) is 12.8 Å². The molecule has 118 valence electrons. The molecule has 2 fully saturated rings. The highest BCUT2D eigenvalue weighted by Gasteiger charge is 2.43. The van der Waals surface area contributed by atoms with Crippen LogP contribution in [0.1, 0.15) is 51.4 Å². The van der Waals surface area contributed by atoms with Gasteiger partial charge >= 0.3 is 6.18 Å². The van der Waals surface area contributed by atoms with Crippen molar-refractivity contribution in [2.45, 2.75) is 69.1 Å². The average molecular weight is 292 g/mol. The first kappa shape index (κ1) is 16.1. The molecule has 0 aromatic rings. The van der Waals surface area contributed by atoms with Crippen LogP contribution in [-0.4, -0.2) is 43.3 Å². The molecular formula is C15H27F3N2. The Hall–Kier alpha value is -0.290. The molecule has 0 radical (unpaired) electrons. The molecule has 0 heterocycles. The zero-order chi connectivity index (χ0) is 14.8. The number of hydrogen-bond acceptors (Lipinski definition) is 2. The monoisotopic (exact) mass is 292 g/mol. The first-order valence-electron chi connectivity index (χ1n) is 7.81. The van der Waals surface area contributed by atoms with Crippen LogP contribution in [0.4, 0.5) is 13.2 Å². The highest BCUT2D eigenvalue weighted by atomic mass is 19.4. The second-order valence-electron chi connectivity index (χ2n) is 6.81. The maximum absolute atomic E-state index is 12.8. The number of rotatable bonds is 4. The van der Waals surface area contributed by atoms with Crippen LogP contribution in [0.5, 0.6) is 0 Å². The van der Waals surface area contributed by atoms with Gasteiger partial charge in [-0.3, -0.25) is 0 Å². The fourth-order valence-corrected chi connectivity index (χ4v) is 3.82. The second-order valence-corrected chi connectivity index (χ2v) is 6.81. The second kappa shape index (κ2) is 6.22. The van der Waals surface area contributed by atoms with Gasteiger partial charge in [0.05, 0.1) is 5.92 Å². The van der Waals surface area contributed by atoms with Gasteiger partial charge in [-0.15, -0.1) is 0 Å². The molecule has 2 nitrogen and oxygen atoms in total. The molecule has 2 aliphatic carbocycles. The van der Waals surface area contributed by atoms with E-state index in [9.17, 15) is 13.2 Å². The smallest absolute Gasteiger partial charge is 0.312 e. The van der Waals surface area contributed by atoms with E-state index in [2.05, 4.69) is 24.3 Å². The van der Waals surface area contributed by atoms with E-state index < -0.39 is 12.1 Å². The number of nitrogens with zero attached hydrogens (tertiary/aromatic N) is 1. The van der Waals surface area contributed by atoms with Crippen LogP contribution in [-0.2, 0) is 0 Å². The maximum atomic E-state index is 12.8. The van der Waals surface area contributed by atoms with Crippen LogP contribution in [0.2, 0.25) is 0 Å². The lowest BCUT2D eigenvalue weighted by atomic mass is 9.84. The predicted octanol–water partition coefficient (Wildman–Crippen LogP) is 3.57. The molecule has 0 bridgehead atoms. The van der Waals surface area contributed by atoms with Crippen molar-refractivity contribution in [1.29, 1.82) is 0 Å². The van der Waals surface area contributed by atoms with E-state index >= 15 is 0 Å². The van der Waals surface area contributed by atoms with Crippen molar-refractivity contribution in [2.75, 3.05) is 20.6 Å². The molecule has 20 heavy (non-hydrogen) atoms. The van der Waals surface area contributed by atoms with Crippen LogP contribution in [0.15, 0.2) is 0 Å². The third kappa shape index (κ3) is 3.67. The summed E-state index contributed by atoms with van der Waals surface area (Å²) in [6.07, 6.45) is 2.89. The Bertz CT molecular complexity index is 309. The fraction of sp³-hybridized carbons (Fsp3) is 1.00. The van der Waals surface area contributed by atoms with Gasteiger partial charge in [-0.1, -0.05) is 19.3 Å². The van der Waals surface area contributed by atoms with Crippen molar-refractivity contribution >= 4 is 0 Å². The van der Waals surface area contributed by atoms with Crippen LogP contribution in [0.25, 0.3) is 0 Å². The summed E-state index contributed by atoms with van der Waals surface area (Å²) in [5, 5.41) is 3.45. The molecule has 1 N–H and O–H groups in total. The molecule has 2 rings (SSSR count). The van der Waals surface area contributed by atoms with Gasteiger partial charge < -0.3 is 10.2 Å². The molecule has 0 amide bonds. The molecule has 2 atom stereocenters. The van der Waals surface area contributed by atoms with Crippen LogP contribution >= 0.6 is 0 Å². The normalized spacial score (nSPS) is 30.9. The number of hydrogen-bond donors (Lipinski definition) is 1. The molecule has 0 aromatic heterocycles. The summed E-state index contributed by atoms with van der Waals surface area (Å²) < 4.78 is 38.5. The van der Waals surface area contributed by atoms with Crippen molar-refractivity contribution in [3.63, 3.8) is 0 Å². The zero-order valence-electron chi connectivity index (χ0n) is 12.6. The Balaban J connectivity index is 1.87. The Kier molecular flexibility index (Phi) is 5.00. The Morgan fingerprint density at radius 3 is 2.30 bits per heavy atom. The Morgan fingerprint density at radius 1 is 1.10 bits per heavy atom. The molecule has 2 saturated carbocycles. The molecule has 0 saturated heterocycles. The van der Waals surface area contributed by atoms with E-state index in [0.717, 1.165) is 25.8 Å². The van der Waals surface area contributed by atoms with Gasteiger partial charge in [0.25, 0.3) is 0 Å². The minimum absolute atomic E-state index is 0.0350. The van der Waals surface area contributed by atoms with Gasteiger partial charge in [-0.05, 0) is 46.2 Å². The van der Waals surface area contributed by atoms with Gasteiger partial charge in [0, 0.05) is 18.1 Å². The summed E-state index contributed by atoms with van der Waals surface area (Å²) in [6.45, 7) is 0.829. The molecular weight excluding hydrogens is 265 g/mol. The quantitative estimate of drug-likeness (QED) is 0.852. The highest BCUT2D eigenvalue weighted by molar-refractivity contribution is 4.95. The van der Waals surface area contributed by atoms with E-state index in [1.54, 1.807) is 0 Å². The van der Waals surface area contributed by atoms with Gasteiger partial charge in [0.1, 0.15) is 0 Å². The average Bonchev–Trinajstić information content (AvgIpc) is 2.86. The lowest BCUT2D eigenvalue weighted by Gasteiger charge is -2.39.